The van der Waals surface area contributed by atoms with Crippen LogP contribution >= 0.6 is 24.0 Å². The van der Waals surface area contributed by atoms with E-state index < -0.39 is 0 Å². The van der Waals surface area contributed by atoms with E-state index in [9.17, 15) is 4.79 Å². The molecule has 24 heavy (non-hydrogen) atoms. The zero-order valence-corrected chi connectivity index (χ0v) is 17.2. The summed E-state index contributed by atoms with van der Waals surface area (Å²) in [5, 5.41) is 6.10. The Labute approximate surface area is 162 Å². The summed E-state index contributed by atoms with van der Waals surface area (Å²) in [6, 6.07) is 7.76. The van der Waals surface area contributed by atoms with Crippen LogP contribution in [-0.2, 0) is 11.3 Å². The van der Waals surface area contributed by atoms with Crippen molar-refractivity contribution >= 4 is 41.5 Å². The van der Waals surface area contributed by atoms with Crippen molar-refractivity contribution in [1.82, 2.24) is 10.2 Å². The Morgan fingerprint density at radius 3 is 2.79 bits per heavy atom. The van der Waals surface area contributed by atoms with Gasteiger partial charge in [0.15, 0.2) is 5.96 Å². The predicted molar refractivity (Wildman–Crippen MR) is 113 cm³/mol. The van der Waals surface area contributed by atoms with Crippen LogP contribution in [0.3, 0.4) is 0 Å². The molecule has 1 aromatic rings. The number of nitrogens with zero attached hydrogens (tertiary/aromatic N) is 2. The van der Waals surface area contributed by atoms with Gasteiger partial charge in [0.25, 0.3) is 0 Å². The molecule has 6 heteroatoms. The van der Waals surface area contributed by atoms with Gasteiger partial charge in [0.05, 0.1) is 6.54 Å². The van der Waals surface area contributed by atoms with Crippen LogP contribution in [-0.4, -0.2) is 36.9 Å². The molecular weight excluding hydrogens is 415 g/mol. The molecular formula is C18H29IN4O. The monoisotopic (exact) mass is 444 g/mol. The molecule has 0 aliphatic heterocycles. The Morgan fingerprint density at radius 2 is 2.17 bits per heavy atom. The lowest BCUT2D eigenvalue weighted by atomic mass is 10.2. The summed E-state index contributed by atoms with van der Waals surface area (Å²) in [6.07, 6.45) is 4.00. The number of allylic oxidation sites excluding steroid dienone is 1. The number of anilines is 1. The highest BCUT2D eigenvalue weighted by Gasteiger charge is 2.05. The minimum atomic E-state index is -0.0686. The van der Waals surface area contributed by atoms with E-state index in [1.165, 1.54) is 6.92 Å². The molecule has 0 fully saturated rings. The smallest absolute Gasteiger partial charge is 0.221 e. The molecule has 0 aliphatic rings. The van der Waals surface area contributed by atoms with Crippen molar-refractivity contribution < 1.29 is 4.79 Å². The van der Waals surface area contributed by atoms with Crippen molar-refractivity contribution in [2.24, 2.45) is 4.99 Å². The van der Waals surface area contributed by atoms with Gasteiger partial charge in [-0.25, -0.2) is 4.99 Å². The highest BCUT2D eigenvalue weighted by Crippen LogP contribution is 2.11. The summed E-state index contributed by atoms with van der Waals surface area (Å²) in [5.41, 5.74) is 1.86. The molecule has 0 heterocycles. The molecule has 1 amide bonds. The average Bonchev–Trinajstić information content (AvgIpc) is 2.51. The fourth-order valence-electron chi connectivity index (χ4n) is 2.17. The fourth-order valence-corrected chi connectivity index (χ4v) is 2.17. The number of aliphatic imine (C=N–C) groups is 1. The topological polar surface area (TPSA) is 56.7 Å². The maximum absolute atomic E-state index is 11.1. The Hall–Kier alpha value is -1.57. The summed E-state index contributed by atoms with van der Waals surface area (Å²) < 4.78 is 0. The van der Waals surface area contributed by atoms with Crippen molar-refractivity contribution in [3.05, 3.63) is 42.5 Å². The second kappa shape index (κ2) is 12.8. The largest absolute Gasteiger partial charge is 0.357 e. The van der Waals surface area contributed by atoms with Crippen LogP contribution in [0.15, 0.2) is 41.9 Å². The van der Waals surface area contributed by atoms with Crippen LogP contribution in [0.5, 0.6) is 0 Å². The molecule has 134 valence electrons. The van der Waals surface area contributed by atoms with Gasteiger partial charge in [-0.3, -0.25) is 4.79 Å². The molecule has 0 atom stereocenters. The lowest BCUT2D eigenvalue weighted by molar-refractivity contribution is -0.114. The van der Waals surface area contributed by atoms with E-state index >= 15 is 0 Å². The number of hydrogen-bond donors (Lipinski definition) is 2. The predicted octanol–water partition coefficient (Wildman–Crippen LogP) is 3.63. The molecule has 0 saturated carbocycles. The molecule has 0 spiro atoms. The SMILES string of the molecule is C=CCCCN(C)C(=NCc1cccc(NC(C)=O)c1)NCC.I. The summed E-state index contributed by atoms with van der Waals surface area (Å²) in [4.78, 5) is 17.9. The number of nitrogens with one attached hydrogen (secondary N) is 2. The maximum Gasteiger partial charge on any atom is 0.221 e. The standard InChI is InChI=1S/C18H28N4O.HI/c1-5-7-8-12-22(4)18(19-6-2)20-14-16-10-9-11-17(13-16)21-15(3)23;/h5,9-11,13H,1,6-8,12,14H2,2-4H3,(H,19,20)(H,21,23);1H. The van der Waals surface area contributed by atoms with E-state index in [1.807, 2.05) is 37.4 Å². The second-order valence-corrected chi connectivity index (χ2v) is 5.40. The lowest BCUT2D eigenvalue weighted by Gasteiger charge is -2.21. The molecule has 0 unspecified atom stereocenters. The zero-order valence-electron chi connectivity index (χ0n) is 14.8. The minimum Gasteiger partial charge on any atom is -0.357 e. The van der Waals surface area contributed by atoms with E-state index in [1.54, 1.807) is 0 Å². The normalized spacial score (nSPS) is 10.5. The highest BCUT2D eigenvalue weighted by atomic mass is 127. The lowest BCUT2D eigenvalue weighted by Crippen LogP contribution is -2.39. The summed E-state index contributed by atoms with van der Waals surface area (Å²) in [7, 11) is 2.04. The van der Waals surface area contributed by atoms with Crippen LogP contribution in [0, 0.1) is 0 Å². The Morgan fingerprint density at radius 1 is 1.42 bits per heavy atom. The fraction of sp³-hybridized carbons (Fsp3) is 0.444. The Balaban J connectivity index is 0.00000529. The van der Waals surface area contributed by atoms with Gasteiger partial charge in [-0.05, 0) is 37.5 Å². The molecule has 1 rings (SSSR count). The van der Waals surface area contributed by atoms with Crippen LogP contribution in [0.2, 0.25) is 0 Å². The average molecular weight is 444 g/mol. The number of halogens is 1. The first kappa shape index (κ1) is 22.4. The Kier molecular flexibility index (Phi) is 12.0. The first-order valence-electron chi connectivity index (χ1n) is 8.03. The maximum atomic E-state index is 11.1. The molecule has 2 N–H and O–H groups in total. The number of amides is 1. The minimum absolute atomic E-state index is 0. The quantitative estimate of drug-likeness (QED) is 0.212. The van der Waals surface area contributed by atoms with Gasteiger partial charge in [0.1, 0.15) is 0 Å². The summed E-state index contributed by atoms with van der Waals surface area (Å²) in [6.45, 7) is 9.65. The van der Waals surface area contributed by atoms with Crippen LogP contribution in [0.4, 0.5) is 5.69 Å². The second-order valence-electron chi connectivity index (χ2n) is 5.40. The first-order valence-corrected chi connectivity index (χ1v) is 8.03. The molecule has 1 aromatic carbocycles. The number of hydrogen-bond acceptors (Lipinski definition) is 2. The number of benzene rings is 1. The van der Waals surface area contributed by atoms with Gasteiger partial charge in [-0.2, -0.15) is 0 Å². The van der Waals surface area contributed by atoms with E-state index in [4.69, 9.17) is 0 Å². The van der Waals surface area contributed by atoms with E-state index in [0.717, 1.165) is 43.1 Å². The third-order valence-corrected chi connectivity index (χ3v) is 3.26. The van der Waals surface area contributed by atoms with Crippen LogP contribution in [0.25, 0.3) is 0 Å². The van der Waals surface area contributed by atoms with Gasteiger partial charge in [0, 0.05) is 32.7 Å². The Bertz CT molecular complexity index is 546. The van der Waals surface area contributed by atoms with Crippen molar-refractivity contribution in [3.63, 3.8) is 0 Å². The number of rotatable bonds is 8. The first-order chi connectivity index (χ1) is 11.1. The number of unbranched alkanes of at least 4 members (excludes halogenated alkanes) is 1. The van der Waals surface area contributed by atoms with Crippen molar-refractivity contribution in [1.29, 1.82) is 0 Å². The number of carbonyl (C=O) groups excluding carboxylic acids is 1. The van der Waals surface area contributed by atoms with Crippen molar-refractivity contribution in [2.45, 2.75) is 33.2 Å². The van der Waals surface area contributed by atoms with Gasteiger partial charge in [-0.1, -0.05) is 18.2 Å². The van der Waals surface area contributed by atoms with Gasteiger partial charge < -0.3 is 15.5 Å². The molecule has 5 nitrogen and oxygen atoms in total. The summed E-state index contributed by atoms with van der Waals surface area (Å²) in [5.74, 6) is 0.822. The van der Waals surface area contributed by atoms with Crippen LogP contribution < -0.4 is 10.6 Å². The van der Waals surface area contributed by atoms with E-state index in [-0.39, 0.29) is 29.9 Å². The van der Waals surface area contributed by atoms with E-state index in [2.05, 4.69) is 34.0 Å². The molecule has 0 saturated heterocycles. The van der Waals surface area contributed by atoms with Gasteiger partial charge in [0.2, 0.25) is 5.91 Å². The van der Waals surface area contributed by atoms with Crippen LogP contribution in [0.1, 0.15) is 32.3 Å². The number of carbonyl (C=O) groups is 1. The van der Waals surface area contributed by atoms with Crippen molar-refractivity contribution in [2.75, 3.05) is 25.5 Å². The zero-order chi connectivity index (χ0) is 17.1. The molecule has 0 aliphatic carbocycles. The number of guanidine groups is 1. The molecule has 0 bridgehead atoms. The van der Waals surface area contributed by atoms with E-state index in [0.29, 0.717) is 6.54 Å². The molecule has 0 radical (unpaired) electrons. The van der Waals surface area contributed by atoms with Gasteiger partial charge >= 0.3 is 0 Å². The highest BCUT2D eigenvalue weighted by molar-refractivity contribution is 14.0. The van der Waals surface area contributed by atoms with Crippen molar-refractivity contribution in [3.8, 4) is 0 Å². The molecule has 0 aromatic heterocycles. The third-order valence-electron chi connectivity index (χ3n) is 3.26. The summed E-state index contributed by atoms with van der Waals surface area (Å²) >= 11 is 0. The van der Waals surface area contributed by atoms with Gasteiger partial charge in [-0.15, -0.1) is 30.6 Å². The third kappa shape index (κ3) is 8.90.